The number of carbonyl (C=O) groups is 2. The highest BCUT2D eigenvalue weighted by Crippen LogP contribution is 2.35. The lowest BCUT2D eigenvalue weighted by molar-refractivity contribution is -0.140. The van der Waals surface area contributed by atoms with Crippen molar-refractivity contribution in [2.45, 2.75) is 36.2 Å². The topological polar surface area (TPSA) is 96.5 Å². The molecule has 0 aromatic heterocycles. The molecule has 9 nitrogen and oxygen atoms in total. The molecule has 2 amide bonds. The van der Waals surface area contributed by atoms with Crippen LogP contribution < -0.4 is 9.47 Å². The van der Waals surface area contributed by atoms with Gasteiger partial charge in [-0.1, -0.05) is 0 Å². The number of rotatable bonds is 4. The van der Waals surface area contributed by atoms with E-state index in [1.807, 2.05) is 4.90 Å². The molecular weight excluding hydrogens is 398 g/mol. The standard InChI is InChI=1S/C19H23N3O6S/c23-18-12-15(19(24)22(18)13-1-2-13)20-5-7-21(8-6-20)29(25,26)14-3-4-16-17(11-14)28-10-9-27-16/h3-4,11,13,15H,1-2,5-10,12H2/t15-/m1/s1. The van der Waals surface area contributed by atoms with Crippen molar-refractivity contribution in [3.8, 4) is 11.5 Å². The van der Waals surface area contributed by atoms with E-state index in [0.717, 1.165) is 12.8 Å². The van der Waals surface area contributed by atoms with E-state index in [1.54, 1.807) is 6.07 Å². The average molecular weight is 421 g/mol. The van der Waals surface area contributed by atoms with E-state index in [4.69, 9.17) is 9.47 Å². The van der Waals surface area contributed by atoms with Crippen LogP contribution >= 0.6 is 0 Å². The number of amides is 2. The molecule has 4 aliphatic rings. The van der Waals surface area contributed by atoms with Crippen LogP contribution in [0.2, 0.25) is 0 Å². The molecule has 1 aromatic rings. The van der Waals surface area contributed by atoms with Crippen molar-refractivity contribution in [2.24, 2.45) is 0 Å². The van der Waals surface area contributed by atoms with Crippen LogP contribution in [0.25, 0.3) is 0 Å². The van der Waals surface area contributed by atoms with E-state index in [1.165, 1.54) is 21.3 Å². The summed E-state index contributed by atoms with van der Waals surface area (Å²) in [5.74, 6) is 0.755. The smallest absolute Gasteiger partial charge is 0.247 e. The van der Waals surface area contributed by atoms with Crippen LogP contribution in [0.4, 0.5) is 0 Å². The fourth-order valence-electron chi connectivity index (χ4n) is 4.22. The second kappa shape index (κ2) is 6.96. The number of benzene rings is 1. The molecule has 156 valence electrons. The lowest BCUT2D eigenvalue weighted by atomic mass is 10.2. The van der Waals surface area contributed by atoms with Gasteiger partial charge in [-0.3, -0.25) is 19.4 Å². The minimum Gasteiger partial charge on any atom is -0.486 e. The van der Waals surface area contributed by atoms with Gasteiger partial charge in [-0.2, -0.15) is 4.31 Å². The summed E-state index contributed by atoms with van der Waals surface area (Å²) >= 11 is 0. The minimum absolute atomic E-state index is 0.0804. The van der Waals surface area contributed by atoms with Gasteiger partial charge in [0, 0.05) is 38.3 Å². The van der Waals surface area contributed by atoms with Crippen molar-refractivity contribution in [2.75, 3.05) is 39.4 Å². The monoisotopic (exact) mass is 421 g/mol. The number of hydrogen-bond donors (Lipinski definition) is 0. The minimum atomic E-state index is -3.67. The van der Waals surface area contributed by atoms with Crippen LogP contribution in [0.3, 0.4) is 0 Å². The molecule has 2 saturated heterocycles. The fraction of sp³-hybridized carbons (Fsp3) is 0.579. The third-order valence-corrected chi connectivity index (χ3v) is 7.83. The Labute approximate surface area is 169 Å². The molecule has 0 bridgehead atoms. The molecule has 5 rings (SSSR count). The van der Waals surface area contributed by atoms with Crippen LogP contribution in [0.5, 0.6) is 11.5 Å². The summed E-state index contributed by atoms with van der Waals surface area (Å²) in [6, 6.07) is 4.27. The van der Waals surface area contributed by atoms with E-state index in [2.05, 4.69) is 0 Å². The fourth-order valence-corrected chi connectivity index (χ4v) is 5.66. The highest BCUT2D eigenvalue weighted by Gasteiger charge is 2.48. The number of imide groups is 1. The number of nitrogens with zero attached hydrogens (tertiary/aromatic N) is 3. The summed E-state index contributed by atoms with van der Waals surface area (Å²) in [4.78, 5) is 28.4. The van der Waals surface area contributed by atoms with Gasteiger partial charge in [0.1, 0.15) is 13.2 Å². The molecule has 0 unspecified atom stereocenters. The van der Waals surface area contributed by atoms with Crippen LogP contribution in [0.1, 0.15) is 19.3 Å². The summed E-state index contributed by atoms with van der Waals surface area (Å²) in [5.41, 5.74) is 0. The third-order valence-electron chi connectivity index (χ3n) is 5.94. The largest absolute Gasteiger partial charge is 0.486 e. The van der Waals surface area contributed by atoms with Gasteiger partial charge >= 0.3 is 0 Å². The molecule has 0 N–H and O–H groups in total. The zero-order chi connectivity index (χ0) is 20.2. The van der Waals surface area contributed by atoms with E-state index >= 15 is 0 Å². The first-order chi connectivity index (χ1) is 13.9. The number of carbonyl (C=O) groups excluding carboxylic acids is 2. The van der Waals surface area contributed by atoms with Crippen molar-refractivity contribution in [1.82, 2.24) is 14.1 Å². The van der Waals surface area contributed by atoms with Gasteiger partial charge in [0.15, 0.2) is 11.5 Å². The highest BCUT2D eigenvalue weighted by atomic mass is 32.2. The first-order valence-corrected chi connectivity index (χ1v) is 11.4. The first kappa shape index (κ1) is 18.8. The summed E-state index contributed by atoms with van der Waals surface area (Å²) < 4.78 is 38.5. The normalized spacial score (nSPS) is 26.2. The second-order valence-corrected chi connectivity index (χ2v) is 9.74. The Morgan fingerprint density at radius 3 is 2.31 bits per heavy atom. The maximum atomic E-state index is 13.0. The predicted octanol–water partition coefficient (Wildman–Crippen LogP) is 0.0540. The van der Waals surface area contributed by atoms with E-state index in [0.29, 0.717) is 37.8 Å². The van der Waals surface area contributed by atoms with Gasteiger partial charge in [0.05, 0.1) is 17.4 Å². The number of sulfonamides is 1. The molecule has 3 fully saturated rings. The van der Waals surface area contributed by atoms with Gasteiger partial charge in [-0.15, -0.1) is 0 Å². The van der Waals surface area contributed by atoms with Gasteiger partial charge in [-0.25, -0.2) is 8.42 Å². The average Bonchev–Trinajstić information content (AvgIpc) is 3.52. The highest BCUT2D eigenvalue weighted by molar-refractivity contribution is 7.89. The summed E-state index contributed by atoms with van der Waals surface area (Å²) in [5, 5.41) is 0. The number of likely N-dealkylation sites (tertiary alicyclic amines) is 1. The number of hydrogen-bond acceptors (Lipinski definition) is 7. The second-order valence-electron chi connectivity index (χ2n) is 7.80. The Hall–Kier alpha value is -2.17. The van der Waals surface area contributed by atoms with Crippen molar-refractivity contribution in [1.29, 1.82) is 0 Å². The van der Waals surface area contributed by atoms with Gasteiger partial charge in [0.25, 0.3) is 0 Å². The molecular formula is C19H23N3O6S. The lowest BCUT2D eigenvalue weighted by Crippen LogP contribution is -2.53. The molecule has 1 aliphatic carbocycles. The number of ether oxygens (including phenoxy) is 2. The Balaban J connectivity index is 1.27. The molecule has 1 aromatic carbocycles. The van der Waals surface area contributed by atoms with Gasteiger partial charge in [0.2, 0.25) is 21.8 Å². The summed E-state index contributed by atoms with van der Waals surface area (Å²) in [6.07, 6.45) is 1.99. The van der Waals surface area contributed by atoms with Crippen LogP contribution in [0, 0.1) is 0 Å². The molecule has 1 saturated carbocycles. The van der Waals surface area contributed by atoms with E-state index in [9.17, 15) is 18.0 Å². The third kappa shape index (κ3) is 3.28. The molecule has 0 radical (unpaired) electrons. The molecule has 10 heteroatoms. The zero-order valence-corrected chi connectivity index (χ0v) is 16.8. The first-order valence-electron chi connectivity index (χ1n) is 9.95. The van der Waals surface area contributed by atoms with Crippen molar-refractivity contribution >= 4 is 21.8 Å². The Bertz CT molecular complexity index is 953. The maximum Gasteiger partial charge on any atom is 0.247 e. The van der Waals surface area contributed by atoms with Crippen molar-refractivity contribution in [3.63, 3.8) is 0 Å². The summed E-state index contributed by atoms with van der Waals surface area (Å²) in [7, 11) is -3.67. The molecule has 1 atom stereocenters. The SMILES string of the molecule is O=C1C[C@@H](N2CCN(S(=O)(=O)c3ccc4c(c3)OCCO4)CC2)C(=O)N1C1CC1. The Morgan fingerprint density at radius 1 is 0.931 bits per heavy atom. The van der Waals surface area contributed by atoms with E-state index < -0.39 is 16.1 Å². The van der Waals surface area contributed by atoms with E-state index in [-0.39, 0.29) is 42.3 Å². The Morgan fingerprint density at radius 2 is 1.62 bits per heavy atom. The zero-order valence-electron chi connectivity index (χ0n) is 16.0. The lowest BCUT2D eigenvalue weighted by Gasteiger charge is -2.36. The maximum absolute atomic E-state index is 13.0. The number of piperazine rings is 1. The van der Waals surface area contributed by atoms with Gasteiger partial charge in [-0.05, 0) is 25.0 Å². The summed E-state index contributed by atoms with van der Waals surface area (Å²) in [6.45, 7) is 2.23. The molecule has 0 spiro atoms. The van der Waals surface area contributed by atoms with Crippen LogP contribution in [0.15, 0.2) is 23.1 Å². The van der Waals surface area contributed by atoms with Gasteiger partial charge < -0.3 is 9.47 Å². The quantitative estimate of drug-likeness (QED) is 0.634. The predicted molar refractivity (Wildman–Crippen MR) is 101 cm³/mol. The Kier molecular flexibility index (Phi) is 4.52. The van der Waals surface area contributed by atoms with Crippen LogP contribution in [-0.4, -0.2) is 85.8 Å². The molecule has 29 heavy (non-hydrogen) atoms. The molecule has 3 aliphatic heterocycles. The van der Waals surface area contributed by atoms with Crippen molar-refractivity contribution in [3.05, 3.63) is 18.2 Å². The van der Waals surface area contributed by atoms with Crippen molar-refractivity contribution < 1.29 is 27.5 Å². The van der Waals surface area contributed by atoms with Crippen LogP contribution in [-0.2, 0) is 19.6 Å². The molecule has 3 heterocycles. The number of fused-ring (bicyclic) bond motifs is 1.